The van der Waals surface area contributed by atoms with Crippen LogP contribution < -0.4 is 10.6 Å². The third kappa shape index (κ3) is 5.47. The van der Waals surface area contributed by atoms with E-state index in [0.717, 1.165) is 44.7 Å². The molecule has 5 nitrogen and oxygen atoms in total. The summed E-state index contributed by atoms with van der Waals surface area (Å²) < 4.78 is 5.48. The Morgan fingerprint density at radius 2 is 2.00 bits per heavy atom. The maximum absolute atomic E-state index is 5.48. The van der Waals surface area contributed by atoms with Gasteiger partial charge in [-0.15, -0.1) is 0 Å². The zero-order chi connectivity index (χ0) is 15.2. The van der Waals surface area contributed by atoms with Gasteiger partial charge in [-0.25, -0.2) is 0 Å². The molecule has 0 amide bonds. The summed E-state index contributed by atoms with van der Waals surface area (Å²) in [5.41, 5.74) is 0. The molecule has 3 atom stereocenters. The third-order valence-electron chi connectivity index (χ3n) is 4.47. The molecule has 122 valence electrons. The van der Waals surface area contributed by atoms with Gasteiger partial charge >= 0.3 is 0 Å². The van der Waals surface area contributed by atoms with E-state index in [0.29, 0.717) is 18.0 Å². The Bertz CT molecular complexity index is 339. The van der Waals surface area contributed by atoms with Gasteiger partial charge in [0, 0.05) is 38.8 Å². The SMILES string of the molecule is CN=C(NCC(CC(C)C)N1CCOCC1)NC1CC1C. The van der Waals surface area contributed by atoms with Crippen LogP contribution in [0.2, 0.25) is 0 Å². The molecule has 0 radical (unpaired) electrons. The number of nitrogens with zero attached hydrogens (tertiary/aromatic N) is 2. The van der Waals surface area contributed by atoms with Crippen LogP contribution in [-0.4, -0.2) is 62.8 Å². The maximum atomic E-state index is 5.48. The molecule has 21 heavy (non-hydrogen) atoms. The van der Waals surface area contributed by atoms with Crippen molar-refractivity contribution in [3.8, 4) is 0 Å². The largest absolute Gasteiger partial charge is 0.379 e. The fourth-order valence-electron chi connectivity index (χ4n) is 2.96. The van der Waals surface area contributed by atoms with Crippen LogP contribution in [-0.2, 0) is 4.74 Å². The van der Waals surface area contributed by atoms with Crippen LogP contribution >= 0.6 is 0 Å². The van der Waals surface area contributed by atoms with Gasteiger partial charge in [-0.1, -0.05) is 20.8 Å². The van der Waals surface area contributed by atoms with E-state index in [1.54, 1.807) is 0 Å². The van der Waals surface area contributed by atoms with Crippen molar-refractivity contribution < 1.29 is 4.74 Å². The van der Waals surface area contributed by atoms with Crippen LogP contribution in [0, 0.1) is 11.8 Å². The minimum absolute atomic E-state index is 0.559. The summed E-state index contributed by atoms with van der Waals surface area (Å²) in [5, 5.41) is 7.02. The van der Waals surface area contributed by atoms with E-state index < -0.39 is 0 Å². The van der Waals surface area contributed by atoms with Gasteiger partial charge in [0.25, 0.3) is 0 Å². The lowest BCUT2D eigenvalue weighted by Gasteiger charge is -2.35. The number of morpholine rings is 1. The van der Waals surface area contributed by atoms with Gasteiger partial charge in [-0.2, -0.15) is 0 Å². The Hall–Kier alpha value is -0.810. The highest BCUT2D eigenvalue weighted by Gasteiger charge is 2.33. The summed E-state index contributed by atoms with van der Waals surface area (Å²) in [4.78, 5) is 6.91. The Kier molecular flexibility index (Phi) is 6.30. The van der Waals surface area contributed by atoms with Crippen molar-refractivity contribution in [3.63, 3.8) is 0 Å². The van der Waals surface area contributed by atoms with Gasteiger partial charge in [0.05, 0.1) is 13.2 Å². The number of hydrogen-bond donors (Lipinski definition) is 2. The summed E-state index contributed by atoms with van der Waals surface area (Å²) in [6, 6.07) is 1.17. The lowest BCUT2D eigenvalue weighted by molar-refractivity contribution is 0.0132. The molecule has 3 unspecified atom stereocenters. The molecule has 2 aliphatic rings. The molecular weight excluding hydrogens is 264 g/mol. The minimum Gasteiger partial charge on any atom is -0.379 e. The minimum atomic E-state index is 0.559. The average Bonchev–Trinajstić information content (AvgIpc) is 3.17. The molecule has 5 heteroatoms. The Morgan fingerprint density at radius 3 is 2.52 bits per heavy atom. The van der Waals surface area contributed by atoms with Crippen LogP contribution in [0.25, 0.3) is 0 Å². The smallest absolute Gasteiger partial charge is 0.191 e. The monoisotopic (exact) mass is 296 g/mol. The molecule has 0 bridgehead atoms. The first kappa shape index (κ1) is 16.6. The first-order valence-corrected chi connectivity index (χ1v) is 8.39. The summed E-state index contributed by atoms with van der Waals surface area (Å²) >= 11 is 0. The molecule has 2 fully saturated rings. The molecule has 0 spiro atoms. The van der Waals surface area contributed by atoms with E-state index in [9.17, 15) is 0 Å². The number of hydrogen-bond acceptors (Lipinski definition) is 3. The molecule has 1 aliphatic carbocycles. The summed E-state index contributed by atoms with van der Waals surface area (Å²) in [6.07, 6.45) is 2.48. The molecule has 0 aromatic carbocycles. The van der Waals surface area contributed by atoms with E-state index >= 15 is 0 Å². The lowest BCUT2D eigenvalue weighted by atomic mass is 10.0. The molecule has 0 aromatic rings. The highest BCUT2D eigenvalue weighted by Crippen LogP contribution is 2.28. The molecule has 2 N–H and O–H groups in total. The zero-order valence-electron chi connectivity index (χ0n) is 14.1. The second-order valence-corrected chi connectivity index (χ2v) is 6.85. The number of ether oxygens (including phenoxy) is 1. The first-order valence-electron chi connectivity index (χ1n) is 8.39. The molecule has 1 saturated carbocycles. The fraction of sp³-hybridized carbons (Fsp3) is 0.938. The molecule has 1 heterocycles. The third-order valence-corrected chi connectivity index (χ3v) is 4.47. The van der Waals surface area contributed by atoms with E-state index in [4.69, 9.17) is 4.74 Å². The van der Waals surface area contributed by atoms with Gasteiger partial charge in [0.15, 0.2) is 5.96 Å². The average molecular weight is 296 g/mol. The Balaban J connectivity index is 1.81. The summed E-state index contributed by atoms with van der Waals surface area (Å²) in [7, 11) is 1.86. The normalized spacial score (nSPS) is 28.5. The molecular formula is C16H32N4O. The van der Waals surface area contributed by atoms with Crippen molar-refractivity contribution in [3.05, 3.63) is 0 Å². The van der Waals surface area contributed by atoms with Crippen molar-refractivity contribution >= 4 is 5.96 Å². The Labute approximate surface area is 129 Å². The van der Waals surface area contributed by atoms with E-state index in [-0.39, 0.29) is 0 Å². The molecule has 2 rings (SSSR count). The van der Waals surface area contributed by atoms with E-state index in [1.165, 1.54) is 12.8 Å². The predicted octanol–water partition coefficient (Wildman–Crippen LogP) is 1.31. The topological polar surface area (TPSA) is 48.9 Å². The van der Waals surface area contributed by atoms with Gasteiger partial charge in [-0.05, 0) is 24.7 Å². The zero-order valence-corrected chi connectivity index (χ0v) is 14.1. The van der Waals surface area contributed by atoms with E-state index in [2.05, 4.69) is 41.3 Å². The number of rotatable bonds is 6. The van der Waals surface area contributed by atoms with Gasteiger partial charge in [0.1, 0.15) is 0 Å². The summed E-state index contributed by atoms with van der Waals surface area (Å²) in [5.74, 6) is 2.44. The highest BCUT2D eigenvalue weighted by atomic mass is 16.5. The summed E-state index contributed by atoms with van der Waals surface area (Å²) in [6.45, 7) is 11.6. The van der Waals surface area contributed by atoms with Crippen LogP contribution in [0.5, 0.6) is 0 Å². The number of aliphatic imine (C=N–C) groups is 1. The predicted molar refractivity (Wildman–Crippen MR) is 87.7 cm³/mol. The van der Waals surface area contributed by atoms with E-state index in [1.807, 2.05) is 7.05 Å². The Morgan fingerprint density at radius 1 is 1.33 bits per heavy atom. The molecule has 1 aliphatic heterocycles. The number of nitrogens with one attached hydrogen (secondary N) is 2. The second kappa shape index (κ2) is 7.99. The van der Waals surface area contributed by atoms with Crippen molar-refractivity contribution in [1.82, 2.24) is 15.5 Å². The van der Waals surface area contributed by atoms with Crippen molar-refractivity contribution in [2.45, 2.75) is 45.7 Å². The highest BCUT2D eigenvalue weighted by molar-refractivity contribution is 5.80. The number of guanidine groups is 1. The van der Waals surface area contributed by atoms with Gasteiger partial charge in [-0.3, -0.25) is 9.89 Å². The van der Waals surface area contributed by atoms with Crippen molar-refractivity contribution in [2.24, 2.45) is 16.8 Å². The molecule has 1 saturated heterocycles. The van der Waals surface area contributed by atoms with Crippen LogP contribution in [0.4, 0.5) is 0 Å². The van der Waals surface area contributed by atoms with Crippen LogP contribution in [0.15, 0.2) is 4.99 Å². The van der Waals surface area contributed by atoms with Crippen LogP contribution in [0.3, 0.4) is 0 Å². The maximum Gasteiger partial charge on any atom is 0.191 e. The van der Waals surface area contributed by atoms with Gasteiger partial charge in [0.2, 0.25) is 0 Å². The lowest BCUT2D eigenvalue weighted by Crippen LogP contribution is -2.51. The molecule has 0 aromatic heterocycles. The quantitative estimate of drug-likeness (QED) is 0.573. The fourth-order valence-corrected chi connectivity index (χ4v) is 2.96. The first-order chi connectivity index (χ1) is 10.1. The van der Waals surface area contributed by atoms with Gasteiger partial charge < -0.3 is 15.4 Å². The van der Waals surface area contributed by atoms with Crippen molar-refractivity contribution in [1.29, 1.82) is 0 Å². The standard InChI is InChI=1S/C16H32N4O/c1-12(2)9-14(20-5-7-21-8-6-20)11-18-16(17-4)19-15-10-13(15)3/h12-15H,5-11H2,1-4H3,(H2,17,18,19). The second-order valence-electron chi connectivity index (χ2n) is 6.85. The van der Waals surface area contributed by atoms with Crippen LogP contribution in [0.1, 0.15) is 33.6 Å². The van der Waals surface area contributed by atoms with Crippen molar-refractivity contribution in [2.75, 3.05) is 39.9 Å².